The summed E-state index contributed by atoms with van der Waals surface area (Å²) in [5.41, 5.74) is 3.73. The minimum atomic E-state index is -0.123. The Balaban J connectivity index is 1.48. The number of rotatable bonds is 6. The van der Waals surface area contributed by atoms with Gasteiger partial charge in [-0.3, -0.25) is 9.69 Å². The predicted octanol–water partition coefficient (Wildman–Crippen LogP) is 7.15. The summed E-state index contributed by atoms with van der Waals surface area (Å²) in [5.74, 6) is 0.595. The Morgan fingerprint density at radius 3 is 2.42 bits per heavy atom. The van der Waals surface area contributed by atoms with Gasteiger partial charge in [0.2, 0.25) is 0 Å². The third kappa shape index (κ3) is 5.61. The second kappa shape index (κ2) is 10.3. The van der Waals surface area contributed by atoms with Crippen LogP contribution in [0.4, 0.5) is 11.4 Å². The maximum absolute atomic E-state index is 13.1. The summed E-state index contributed by atoms with van der Waals surface area (Å²) < 4.78 is 7.24. The molecule has 4 rings (SSSR count). The second-order valence-electron chi connectivity index (χ2n) is 7.53. The van der Waals surface area contributed by atoms with E-state index in [2.05, 4.69) is 15.9 Å². The molecule has 8 heteroatoms. The van der Waals surface area contributed by atoms with Crippen molar-refractivity contribution in [2.24, 2.45) is 0 Å². The first-order valence-electron chi connectivity index (χ1n) is 10.0. The largest absolute Gasteiger partial charge is 0.488 e. The van der Waals surface area contributed by atoms with Crippen molar-refractivity contribution in [3.05, 3.63) is 92.3 Å². The summed E-state index contributed by atoms with van der Waals surface area (Å²) >= 11 is 16.3. The number of carbonyl (C=O) groups excluding carboxylic acids is 1. The number of anilines is 2. The van der Waals surface area contributed by atoms with Crippen LogP contribution in [0.25, 0.3) is 6.08 Å². The Kier molecular flexibility index (Phi) is 7.44. The summed E-state index contributed by atoms with van der Waals surface area (Å²) in [6, 6.07) is 21.0. The first-order valence-corrected chi connectivity index (χ1v) is 12.4. The topological polar surface area (TPSA) is 32.8 Å². The van der Waals surface area contributed by atoms with Gasteiger partial charge < -0.3 is 9.64 Å². The molecule has 0 spiro atoms. The van der Waals surface area contributed by atoms with E-state index in [1.54, 1.807) is 4.90 Å². The smallest absolute Gasteiger partial charge is 0.270 e. The lowest BCUT2D eigenvalue weighted by molar-refractivity contribution is -0.113. The van der Waals surface area contributed by atoms with Crippen molar-refractivity contribution in [2.75, 3.05) is 23.9 Å². The van der Waals surface area contributed by atoms with Crippen molar-refractivity contribution in [2.45, 2.75) is 6.61 Å². The summed E-state index contributed by atoms with van der Waals surface area (Å²) in [7, 11) is 3.95. The standard InChI is InChI=1S/C25H20BrClN2O2S2/c1-28(2)19-8-10-20(11-9-19)29-24(30)23(33-25(29)32)14-17-5-12-22(21(26)13-17)31-15-16-3-6-18(27)7-4-16/h3-14H,15H2,1-2H3/b23-14+. The molecule has 1 amide bonds. The molecule has 1 saturated heterocycles. The van der Waals surface area contributed by atoms with Gasteiger partial charge in [-0.05, 0) is 81.7 Å². The number of benzene rings is 3. The molecular weight excluding hydrogens is 540 g/mol. The highest BCUT2D eigenvalue weighted by molar-refractivity contribution is 9.10. The van der Waals surface area contributed by atoms with Crippen molar-refractivity contribution >= 4 is 79.2 Å². The first-order chi connectivity index (χ1) is 15.8. The van der Waals surface area contributed by atoms with Crippen molar-refractivity contribution in [3.8, 4) is 5.75 Å². The molecule has 3 aromatic carbocycles. The van der Waals surface area contributed by atoms with E-state index >= 15 is 0 Å². The Morgan fingerprint density at radius 2 is 1.79 bits per heavy atom. The number of amides is 1. The summed E-state index contributed by atoms with van der Waals surface area (Å²) in [4.78, 5) is 17.2. The van der Waals surface area contributed by atoms with Gasteiger partial charge in [0.15, 0.2) is 4.32 Å². The number of ether oxygens (including phenoxy) is 1. The fraction of sp³-hybridized carbons (Fsp3) is 0.120. The third-order valence-corrected chi connectivity index (χ3v) is 7.15. The van der Waals surface area contributed by atoms with Gasteiger partial charge in [0.1, 0.15) is 12.4 Å². The zero-order valence-electron chi connectivity index (χ0n) is 17.9. The summed E-state index contributed by atoms with van der Waals surface area (Å²) in [5, 5.41) is 0.695. The third-order valence-electron chi connectivity index (χ3n) is 4.98. The summed E-state index contributed by atoms with van der Waals surface area (Å²) in [6.45, 7) is 0.431. The lowest BCUT2D eigenvalue weighted by Crippen LogP contribution is -2.27. The normalized spacial score (nSPS) is 14.8. The van der Waals surface area contributed by atoms with E-state index in [1.165, 1.54) is 11.8 Å². The van der Waals surface area contributed by atoms with Crippen molar-refractivity contribution in [1.82, 2.24) is 0 Å². The quantitative estimate of drug-likeness (QED) is 0.236. The van der Waals surface area contributed by atoms with Crippen LogP contribution in [0, 0.1) is 0 Å². The van der Waals surface area contributed by atoms with Gasteiger partial charge in [-0.25, -0.2) is 0 Å². The minimum Gasteiger partial charge on any atom is -0.488 e. The van der Waals surface area contributed by atoms with Crippen LogP contribution in [0.15, 0.2) is 76.1 Å². The SMILES string of the molecule is CN(C)c1ccc(N2C(=O)/C(=C\c3ccc(OCc4ccc(Cl)cc4)c(Br)c3)SC2=S)cc1. The monoisotopic (exact) mass is 558 g/mol. The van der Waals surface area contributed by atoms with Crippen LogP contribution in [-0.4, -0.2) is 24.3 Å². The van der Waals surface area contributed by atoms with Crippen molar-refractivity contribution < 1.29 is 9.53 Å². The van der Waals surface area contributed by atoms with Gasteiger partial charge in [0.25, 0.3) is 5.91 Å². The number of thioether (sulfide) groups is 1. The van der Waals surface area contributed by atoms with Gasteiger partial charge in [0.05, 0.1) is 15.1 Å². The van der Waals surface area contributed by atoms with Gasteiger partial charge in [0, 0.05) is 24.8 Å². The molecule has 1 aliphatic heterocycles. The molecule has 33 heavy (non-hydrogen) atoms. The summed E-state index contributed by atoms with van der Waals surface area (Å²) in [6.07, 6.45) is 1.85. The van der Waals surface area contributed by atoms with Gasteiger partial charge in [-0.2, -0.15) is 0 Å². The number of nitrogens with zero attached hydrogens (tertiary/aromatic N) is 2. The number of carbonyl (C=O) groups is 1. The Bertz CT molecular complexity index is 1230. The Labute approximate surface area is 216 Å². The first kappa shape index (κ1) is 23.8. The van der Waals surface area contributed by atoms with Crippen LogP contribution in [0.1, 0.15) is 11.1 Å². The Morgan fingerprint density at radius 1 is 1.09 bits per heavy atom. The number of hydrogen-bond donors (Lipinski definition) is 0. The van der Waals surface area contributed by atoms with E-state index in [-0.39, 0.29) is 5.91 Å². The molecule has 0 bridgehead atoms. The van der Waals surface area contributed by atoms with E-state index in [0.717, 1.165) is 32.7 Å². The average molecular weight is 560 g/mol. The predicted molar refractivity (Wildman–Crippen MR) is 146 cm³/mol. The molecule has 0 unspecified atom stereocenters. The molecule has 0 aliphatic carbocycles. The number of halogens is 2. The molecule has 1 heterocycles. The lowest BCUT2D eigenvalue weighted by Gasteiger charge is -2.17. The fourth-order valence-electron chi connectivity index (χ4n) is 3.21. The second-order valence-corrected chi connectivity index (χ2v) is 10.5. The molecule has 0 aromatic heterocycles. The van der Waals surface area contributed by atoms with Crippen LogP contribution in [0.2, 0.25) is 5.02 Å². The Hall–Kier alpha value is -2.32. The van der Waals surface area contributed by atoms with Crippen LogP contribution >= 0.6 is 51.5 Å². The lowest BCUT2D eigenvalue weighted by atomic mass is 10.2. The van der Waals surface area contributed by atoms with E-state index in [1.807, 2.05) is 91.8 Å². The van der Waals surface area contributed by atoms with Crippen molar-refractivity contribution in [1.29, 1.82) is 0 Å². The van der Waals surface area contributed by atoms with Crippen LogP contribution in [0.5, 0.6) is 5.75 Å². The van der Waals surface area contributed by atoms with E-state index in [0.29, 0.717) is 20.9 Å². The maximum Gasteiger partial charge on any atom is 0.270 e. The molecular formula is C25H20BrClN2O2S2. The van der Waals surface area contributed by atoms with Gasteiger partial charge in [-0.1, -0.05) is 53.8 Å². The highest BCUT2D eigenvalue weighted by atomic mass is 79.9. The van der Waals surface area contributed by atoms with Gasteiger partial charge in [-0.15, -0.1) is 0 Å². The van der Waals surface area contributed by atoms with Crippen LogP contribution < -0.4 is 14.5 Å². The molecule has 4 nitrogen and oxygen atoms in total. The molecule has 0 radical (unpaired) electrons. The minimum absolute atomic E-state index is 0.123. The zero-order chi connectivity index (χ0) is 23.5. The molecule has 1 aliphatic rings. The highest BCUT2D eigenvalue weighted by Gasteiger charge is 2.33. The molecule has 1 fully saturated rings. The van der Waals surface area contributed by atoms with Crippen LogP contribution in [-0.2, 0) is 11.4 Å². The van der Waals surface area contributed by atoms with Crippen LogP contribution in [0.3, 0.4) is 0 Å². The fourth-order valence-corrected chi connectivity index (χ4v) is 5.14. The highest BCUT2D eigenvalue weighted by Crippen LogP contribution is 2.37. The van der Waals surface area contributed by atoms with E-state index in [4.69, 9.17) is 28.6 Å². The molecule has 0 saturated carbocycles. The molecule has 168 valence electrons. The maximum atomic E-state index is 13.1. The molecule has 0 atom stereocenters. The molecule has 3 aromatic rings. The van der Waals surface area contributed by atoms with E-state index in [9.17, 15) is 4.79 Å². The molecule has 0 N–H and O–H groups in total. The van der Waals surface area contributed by atoms with E-state index < -0.39 is 0 Å². The van der Waals surface area contributed by atoms with Crippen molar-refractivity contribution in [3.63, 3.8) is 0 Å². The average Bonchev–Trinajstić information content (AvgIpc) is 3.07. The zero-order valence-corrected chi connectivity index (χ0v) is 21.9. The van der Waals surface area contributed by atoms with Gasteiger partial charge >= 0.3 is 0 Å². The number of hydrogen-bond acceptors (Lipinski definition) is 5. The number of thiocarbonyl (C=S) groups is 1.